The van der Waals surface area contributed by atoms with Gasteiger partial charge in [0.05, 0.1) is 11.7 Å². The highest BCUT2D eigenvalue weighted by Crippen LogP contribution is 2.57. The summed E-state index contributed by atoms with van der Waals surface area (Å²) in [6.45, 7) is 4.43. The molecule has 2 saturated carbocycles. The van der Waals surface area contributed by atoms with Crippen molar-refractivity contribution < 1.29 is 9.53 Å². The quantitative estimate of drug-likeness (QED) is 0.763. The molecule has 5 atom stereocenters. The lowest BCUT2D eigenvalue weighted by Crippen LogP contribution is -2.53. The molecule has 1 saturated heterocycles. The molecule has 2 nitrogen and oxygen atoms in total. The maximum atomic E-state index is 12.4. The molecule has 2 heteroatoms. The smallest absolute Gasteiger partial charge is 0.138 e. The van der Waals surface area contributed by atoms with Gasteiger partial charge in [0.15, 0.2) is 0 Å². The van der Waals surface area contributed by atoms with Crippen LogP contribution in [0.25, 0.3) is 0 Å². The average Bonchev–Trinajstić information content (AvgIpc) is 2.61. The minimum atomic E-state index is -0.0488. The predicted molar refractivity (Wildman–Crippen MR) is 71.4 cm³/mol. The first-order chi connectivity index (χ1) is 8.67. The van der Waals surface area contributed by atoms with Crippen LogP contribution in [0.15, 0.2) is 0 Å². The van der Waals surface area contributed by atoms with E-state index in [2.05, 4.69) is 13.8 Å². The zero-order valence-corrected chi connectivity index (χ0v) is 11.8. The first-order valence-corrected chi connectivity index (χ1v) is 7.88. The van der Waals surface area contributed by atoms with Crippen molar-refractivity contribution in [2.75, 3.05) is 0 Å². The van der Waals surface area contributed by atoms with E-state index in [1.807, 2.05) is 0 Å². The van der Waals surface area contributed by atoms with Crippen LogP contribution in [0.1, 0.15) is 65.2 Å². The van der Waals surface area contributed by atoms with E-state index in [1.165, 1.54) is 32.1 Å². The highest BCUT2D eigenvalue weighted by Gasteiger charge is 2.59. The summed E-state index contributed by atoms with van der Waals surface area (Å²) in [4.78, 5) is 12.4. The molecule has 0 N–H and O–H groups in total. The third kappa shape index (κ3) is 1.76. The Bertz CT molecular complexity index is 334. The van der Waals surface area contributed by atoms with Gasteiger partial charge in [-0.25, -0.2) is 0 Å². The second-order valence-corrected chi connectivity index (χ2v) is 6.72. The predicted octanol–water partition coefficient (Wildman–Crippen LogP) is 3.73. The number of unbranched alkanes of at least 4 members (excludes halogenated alkanes) is 1. The van der Waals surface area contributed by atoms with Crippen molar-refractivity contribution in [3.05, 3.63) is 0 Å². The molecule has 3 aliphatic rings. The van der Waals surface area contributed by atoms with Crippen LogP contribution in [-0.4, -0.2) is 17.5 Å². The maximum Gasteiger partial charge on any atom is 0.138 e. The number of carbonyl (C=O) groups excluding carboxylic acids is 1. The van der Waals surface area contributed by atoms with E-state index in [9.17, 15) is 4.79 Å². The molecule has 0 amide bonds. The van der Waals surface area contributed by atoms with Crippen LogP contribution in [0, 0.1) is 17.8 Å². The Labute approximate surface area is 110 Å². The number of ketones is 1. The summed E-state index contributed by atoms with van der Waals surface area (Å²) in [5.41, 5.74) is -0.0488. The van der Waals surface area contributed by atoms with Gasteiger partial charge in [0.2, 0.25) is 0 Å². The van der Waals surface area contributed by atoms with Gasteiger partial charge in [-0.2, -0.15) is 0 Å². The molecule has 2 bridgehead atoms. The van der Waals surface area contributed by atoms with E-state index in [0.717, 1.165) is 25.2 Å². The van der Waals surface area contributed by atoms with Gasteiger partial charge >= 0.3 is 0 Å². The normalized spacial score (nSPS) is 47.1. The summed E-state index contributed by atoms with van der Waals surface area (Å²) in [6.07, 6.45) is 9.48. The van der Waals surface area contributed by atoms with Crippen LogP contribution in [-0.2, 0) is 9.53 Å². The summed E-state index contributed by atoms with van der Waals surface area (Å²) in [7, 11) is 0. The van der Waals surface area contributed by atoms with Crippen molar-refractivity contribution in [3.63, 3.8) is 0 Å². The largest absolute Gasteiger partial charge is 0.371 e. The van der Waals surface area contributed by atoms with Gasteiger partial charge in [0.1, 0.15) is 5.78 Å². The lowest BCUT2D eigenvalue weighted by atomic mass is 9.59. The maximum absolute atomic E-state index is 12.4. The average molecular weight is 250 g/mol. The number of rotatable bonds is 3. The number of ether oxygens (including phenoxy) is 1. The molecule has 3 fully saturated rings. The van der Waals surface area contributed by atoms with E-state index in [-0.39, 0.29) is 11.5 Å². The van der Waals surface area contributed by atoms with Crippen LogP contribution < -0.4 is 0 Å². The molecule has 102 valence electrons. The number of fused-ring (bicyclic) bond motifs is 1. The molecule has 1 heterocycles. The Balaban J connectivity index is 1.87. The first kappa shape index (κ1) is 12.7. The third-order valence-corrected chi connectivity index (χ3v) is 5.79. The van der Waals surface area contributed by atoms with E-state index in [1.54, 1.807) is 0 Å². The fraction of sp³-hybridized carbons (Fsp3) is 0.938. The molecular formula is C16H26O2. The second-order valence-electron chi connectivity index (χ2n) is 6.72. The Kier molecular flexibility index (Phi) is 3.25. The summed E-state index contributed by atoms with van der Waals surface area (Å²) in [6, 6.07) is 0. The highest BCUT2D eigenvalue weighted by molar-refractivity contribution is 5.83. The number of carbonyl (C=O) groups is 1. The van der Waals surface area contributed by atoms with Crippen LogP contribution in [0.5, 0.6) is 0 Å². The molecule has 0 aromatic heterocycles. The summed E-state index contributed by atoms with van der Waals surface area (Å²) in [5.74, 6) is 2.09. The van der Waals surface area contributed by atoms with Crippen molar-refractivity contribution in [1.29, 1.82) is 0 Å². The molecule has 2 aliphatic carbocycles. The standard InChI is InChI=1S/C16H26O2/c1-3-4-5-14-15(17)9-8-13-7-6-12-10-16(13,14)18-11(12)2/h11-14H,3-10H2,1-2H3. The fourth-order valence-corrected chi connectivity index (χ4v) is 4.80. The molecular weight excluding hydrogens is 224 g/mol. The van der Waals surface area contributed by atoms with E-state index in [4.69, 9.17) is 4.74 Å². The van der Waals surface area contributed by atoms with Crippen molar-refractivity contribution in [2.45, 2.75) is 76.9 Å². The van der Waals surface area contributed by atoms with Gasteiger partial charge in [-0.15, -0.1) is 0 Å². The molecule has 1 aliphatic heterocycles. The Morgan fingerprint density at radius 1 is 1.33 bits per heavy atom. The number of hydrogen-bond donors (Lipinski definition) is 0. The third-order valence-electron chi connectivity index (χ3n) is 5.79. The fourth-order valence-electron chi connectivity index (χ4n) is 4.80. The van der Waals surface area contributed by atoms with Gasteiger partial charge in [0, 0.05) is 12.3 Å². The zero-order chi connectivity index (χ0) is 12.8. The van der Waals surface area contributed by atoms with E-state index < -0.39 is 0 Å². The second kappa shape index (κ2) is 4.63. The van der Waals surface area contributed by atoms with Crippen molar-refractivity contribution in [1.82, 2.24) is 0 Å². The topological polar surface area (TPSA) is 26.3 Å². The minimum Gasteiger partial charge on any atom is -0.371 e. The van der Waals surface area contributed by atoms with Gasteiger partial charge < -0.3 is 4.74 Å². The number of Topliss-reactive ketones (excluding diaryl/α,β-unsaturated/α-hetero) is 1. The van der Waals surface area contributed by atoms with Crippen molar-refractivity contribution in [2.24, 2.45) is 17.8 Å². The van der Waals surface area contributed by atoms with Gasteiger partial charge in [-0.3, -0.25) is 4.79 Å². The summed E-state index contributed by atoms with van der Waals surface area (Å²) in [5, 5.41) is 0. The zero-order valence-electron chi connectivity index (χ0n) is 11.8. The molecule has 0 aromatic carbocycles. The van der Waals surface area contributed by atoms with Crippen molar-refractivity contribution >= 4 is 5.78 Å². The van der Waals surface area contributed by atoms with Gasteiger partial charge in [0.25, 0.3) is 0 Å². The van der Waals surface area contributed by atoms with Gasteiger partial charge in [-0.05, 0) is 50.9 Å². The van der Waals surface area contributed by atoms with Crippen LogP contribution in [0.3, 0.4) is 0 Å². The molecule has 0 aromatic rings. The lowest BCUT2D eigenvalue weighted by Gasteiger charge is -2.48. The van der Waals surface area contributed by atoms with Crippen LogP contribution in [0.4, 0.5) is 0 Å². The molecule has 3 rings (SSSR count). The van der Waals surface area contributed by atoms with Crippen molar-refractivity contribution in [3.8, 4) is 0 Å². The monoisotopic (exact) mass is 250 g/mol. The Hall–Kier alpha value is -0.370. The molecule has 5 unspecified atom stereocenters. The van der Waals surface area contributed by atoms with Gasteiger partial charge in [-0.1, -0.05) is 19.8 Å². The van der Waals surface area contributed by atoms with Crippen LogP contribution >= 0.6 is 0 Å². The SMILES string of the molecule is CCCCC1C(=O)CCC2CCC3CC21OC3C. The number of hydrogen-bond acceptors (Lipinski definition) is 2. The Morgan fingerprint density at radius 3 is 2.94 bits per heavy atom. The van der Waals surface area contributed by atoms with E-state index in [0.29, 0.717) is 17.8 Å². The lowest BCUT2D eigenvalue weighted by molar-refractivity contribution is -0.158. The Morgan fingerprint density at radius 2 is 2.17 bits per heavy atom. The minimum absolute atomic E-state index is 0.0488. The summed E-state index contributed by atoms with van der Waals surface area (Å²) < 4.78 is 6.44. The summed E-state index contributed by atoms with van der Waals surface area (Å²) >= 11 is 0. The highest BCUT2D eigenvalue weighted by atomic mass is 16.5. The van der Waals surface area contributed by atoms with E-state index >= 15 is 0 Å². The molecule has 1 spiro atoms. The van der Waals surface area contributed by atoms with Crippen LogP contribution in [0.2, 0.25) is 0 Å². The molecule has 18 heavy (non-hydrogen) atoms. The first-order valence-electron chi connectivity index (χ1n) is 7.88. The molecule has 0 radical (unpaired) electrons.